The zero-order valence-electron chi connectivity index (χ0n) is 12.2. The van der Waals surface area contributed by atoms with E-state index >= 15 is 0 Å². The third kappa shape index (κ3) is 2.05. The van der Waals surface area contributed by atoms with Gasteiger partial charge >= 0.3 is 0 Å². The fourth-order valence-electron chi connectivity index (χ4n) is 5.55. The fraction of sp³-hybridized carbons (Fsp3) is 0.667. The van der Waals surface area contributed by atoms with Crippen molar-refractivity contribution in [1.82, 2.24) is 0 Å². The third-order valence-corrected chi connectivity index (χ3v) is 5.81. The van der Waals surface area contributed by atoms with Gasteiger partial charge in [0.25, 0.3) is 0 Å². The summed E-state index contributed by atoms with van der Waals surface area (Å²) in [6.45, 7) is 1.65. The number of benzene rings is 1. The van der Waals surface area contributed by atoms with E-state index in [1.54, 1.807) is 6.92 Å². The van der Waals surface area contributed by atoms with Crippen molar-refractivity contribution in [3.8, 4) is 5.75 Å². The molecule has 0 saturated heterocycles. The second-order valence-corrected chi connectivity index (χ2v) is 7.44. The quantitative estimate of drug-likeness (QED) is 0.846. The molecule has 4 aliphatic carbocycles. The van der Waals surface area contributed by atoms with E-state index in [-0.39, 0.29) is 0 Å². The van der Waals surface area contributed by atoms with Crippen molar-refractivity contribution in [2.75, 3.05) is 0 Å². The summed E-state index contributed by atoms with van der Waals surface area (Å²) in [6.07, 6.45) is 7.93. The Morgan fingerprint density at radius 2 is 1.50 bits per heavy atom. The molecular weight excluding hydrogens is 248 g/mol. The summed E-state index contributed by atoms with van der Waals surface area (Å²) in [5.41, 5.74) is 1.97. The number of aliphatic hydroxyl groups excluding tert-OH is 1. The predicted molar refractivity (Wildman–Crippen MR) is 78.6 cm³/mol. The third-order valence-electron chi connectivity index (χ3n) is 5.81. The molecule has 0 aliphatic heterocycles. The van der Waals surface area contributed by atoms with E-state index in [1.807, 2.05) is 12.1 Å². The summed E-state index contributed by atoms with van der Waals surface area (Å²) in [7, 11) is 0. The Hall–Kier alpha value is -1.02. The summed E-state index contributed by atoms with van der Waals surface area (Å²) in [5.74, 6) is 3.72. The molecule has 2 nitrogen and oxygen atoms in total. The minimum absolute atomic E-state index is 0.456. The first-order valence-electron chi connectivity index (χ1n) is 8.08. The summed E-state index contributed by atoms with van der Waals surface area (Å²) < 4.78 is 5.34. The van der Waals surface area contributed by atoms with Crippen LogP contribution in [0.5, 0.6) is 5.75 Å². The second-order valence-electron chi connectivity index (χ2n) is 7.44. The van der Waals surface area contributed by atoms with Crippen LogP contribution in [0.3, 0.4) is 0 Å². The Morgan fingerprint density at radius 1 is 1.00 bits per heavy atom. The number of rotatable bonds is 3. The second kappa shape index (κ2) is 4.49. The highest BCUT2D eigenvalue weighted by atomic mass is 16.6. The van der Waals surface area contributed by atoms with Crippen LogP contribution in [0, 0.1) is 17.8 Å². The number of aliphatic hydroxyl groups is 1. The van der Waals surface area contributed by atoms with Crippen LogP contribution in [0.1, 0.15) is 51.0 Å². The zero-order valence-corrected chi connectivity index (χ0v) is 12.2. The molecule has 108 valence electrons. The number of hydrogen-bond donors (Lipinski definition) is 1. The SMILES string of the molecule is CC(O)Oc1ccc(C23CC4CC(CC(C4)C2)C3)cc1. The normalized spacial score (nSPS) is 39.8. The average Bonchev–Trinajstić information content (AvgIpc) is 2.37. The Morgan fingerprint density at radius 3 is 1.95 bits per heavy atom. The van der Waals surface area contributed by atoms with Gasteiger partial charge in [-0.2, -0.15) is 0 Å². The Kier molecular flexibility index (Phi) is 2.85. The lowest BCUT2D eigenvalue weighted by molar-refractivity contribution is -0.00578. The van der Waals surface area contributed by atoms with E-state index in [1.165, 1.54) is 44.1 Å². The summed E-state index contributed by atoms with van der Waals surface area (Å²) in [5, 5.41) is 9.28. The van der Waals surface area contributed by atoms with Crippen LogP contribution < -0.4 is 4.74 Å². The molecule has 1 N–H and O–H groups in total. The Labute approximate surface area is 121 Å². The summed E-state index contributed by atoms with van der Waals surface area (Å²) >= 11 is 0. The van der Waals surface area contributed by atoms with E-state index in [0.717, 1.165) is 23.5 Å². The Balaban J connectivity index is 1.60. The fourth-order valence-corrected chi connectivity index (χ4v) is 5.55. The van der Waals surface area contributed by atoms with Crippen LogP contribution in [0.25, 0.3) is 0 Å². The van der Waals surface area contributed by atoms with E-state index < -0.39 is 6.29 Å². The van der Waals surface area contributed by atoms with Crippen LogP contribution in [0.4, 0.5) is 0 Å². The highest BCUT2D eigenvalue weighted by Crippen LogP contribution is 2.60. The van der Waals surface area contributed by atoms with Crippen molar-refractivity contribution in [3.63, 3.8) is 0 Å². The molecule has 1 aromatic rings. The number of ether oxygens (including phenoxy) is 1. The van der Waals surface area contributed by atoms with Crippen LogP contribution >= 0.6 is 0 Å². The molecule has 4 aliphatic rings. The van der Waals surface area contributed by atoms with Crippen molar-refractivity contribution in [2.45, 2.75) is 57.2 Å². The molecule has 0 heterocycles. The molecule has 1 atom stereocenters. The molecule has 4 bridgehead atoms. The van der Waals surface area contributed by atoms with Crippen molar-refractivity contribution in [1.29, 1.82) is 0 Å². The van der Waals surface area contributed by atoms with Gasteiger partial charge in [-0.15, -0.1) is 0 Å². The topological polar surface area (TPSA) is 29.5 Å². The number of hydrogen-bond acceptors (Lipinski definition) is 2. The van der Waals surface area contributed by atoms with Gasteiger partial charge in [0.15, 0.2) is 6.29 Å². The molecule has 4 saturated carbocycles. The standard InChI is InChI=1S/C18H24O2/c1-12(19)20-17-4-2-16(3-5-17)18-9-13-6-14(10-18)8-15(7-13)11-18/h2-5,12-15,19H,6-11H2,1H3. The van der Waals surface area contributed by atoms with Gasteiger partial charge in [0, 0.05) is 0 Å². The van der Waals surface area contributed by atoms with Gasteiger partial charge in [-0.3, -0.25) is 0 Å². The lowest BCUT2D eigenvalue weighted by atomic mass is 9.48. The van der Waals surface area contributed by atoms with Crippen molar-refractivity contribution >= 4 is 0 Å². The smallest absolute Gasteiger partial charge is 0.194 e. The largest absolute Gasteiger partial charge is 0.465 e. The van der Waals surface area contributed by atoms with Crippen LogP contribution in [0.2, 0.25) is 0 Å². The maximum Gasteiger partial charge on any atom is 0.194 e. The average molecular weight is 272 g/mol. The van der Waals surface area contributed by atoms with Gasteiger partial charge < -0.3 is 9.84 Å². The van der Waals surface area contributed by atoms with Crippen LogP contribution in [0.15, 0.2) is 24.3 Å². The molecule has 0 aromatic heterocycles. The molecule has 0 spiro atoms. The van der Waals surface area contributed by atoms with Crippen molar-refractivity contribution in [3.05, 3.63) is 29.8 Å². The predicted octanol–water partition coefficient (Wildman–Crippen LogP) is 3.87. The van der Waals surface area contributed by atoms with E-state index in [2.05, 4.69) is 12.1 Å². The molecular formula is C18H24O2. The highest BCUT2D eigenvalue weighted by molar-refractivity contribution is 5.34. The van der Waals surface area contributed by atoms with Gasteiger partial charge in [0.05, 0.1) is 0 Å². The molecule has 1 aromatic carbocycles. The van der Waals surface area contributed by atoms with Crippen LogP contribution in [-0.2, 0) is 5.41 Å². The van der Waals surface area contributed by atoms with E-state index in [0.29, 0.717) is 5.41 Å². The van der Waals surface area contributed by atoms with Gasteiger partial charge in [0.2, 0.25) is 0 Å². The minimum Gasteiger partial charge on any atom is -0.465 e. The summed E-state index contributed by atoms with van der Waals surface area (Å²) in [4.78, 5) is 0. The first kappa shape index (κ1) is 12.7. The lowest BCUT2D eigenvalue weighted by Gasteiger charge is -2.57. The maximum absolute atomic E-state index is 9.28. The maximum atomic E-state index is 9.28. The van der Waals surface area contributed by atoms with E-state index in [9.17, 15) is 5.11 Å². The monoisotopic (exact) mass is 272 g/mol. The molecule has 0 radical (unpaired) electrons. The van der Waals surface area contributed by atoms with Gasteiger partial charge in [-0.1, -0.05) is 12.1 Å². The molecule has 4 fully saturated rings. The molecule has 20 heavy (non-hydrogen) atoms. The lowest BCUT2D eigenvalue weighted by Crippen LogP contribution is -2.48. The van der Waals surface area contributed by atoms with Gasteiger partial charge in [-0.05, 0) is 86.3 Å². The molecule has 1 unspecified atom stereocenters. The molecule has 5 rings (SSSR count). The van der Waals surface area contributed by atoms with E-state index in [4.69, 9.17) is 4.74 Å². The van der Waals surface area contributed by atoms with Crippen molar-refractivity contribution in [2.24, 2.45) is 17.8 Å². The minimum atomic E-state index is -0.736. The molecule has 2 heteroatoms. The van der Waals surface area contributed by atoms with Gasteiger partial charge in [0.1, 0.15) is 5.75 Å². The summed E-state index contributed by atoms with van der Waals surface area (Å²) in [6, 6.07) is 8.54. The molecule has 0 amide bonds. The van der Waals surface area contributed by atoms with Gasteiger partial charge in [-0.25, -0.2) is 0 Å². The highest BCUT2D eigenvalue weighted by Gasteiger charge is 2.51. The van der Waals surface area contributed by atoms with Crippen LogP contribution in [-0.4, -0.2) is 11.4 Å². The van der Waals surface area contributed by atoms with Crippen molar-refractivity contribution < 1.29 is 9.84 Å². The zero-order chi connectivity index (χ0) is 13.7. The Bertz CT molecular complexity index is 453. The first-order chi connectivity index (χ1) is 9.63. The first-order valence-corrected chi connectivity index (χ1v) is 8.08.